The molecule has 0 aromatic heterocycles. The number of methoxy groups -OCH3 is 1. The summed E-state index contributed by atoms with van der Waals surface area (Å²) in [5.41, 5.74) is -1.44. The molecule has 24 heavy (non-hydrogen) atoms. The van der Waals surface area contributed by atoms with Crippen molar-refractivity contribution in [2.45, 2.75) is 64.4 Å². The molecule has 0 unspecified atom stereocenters. The van der Waals surface area contributed by atoms with Crippen molar-refractivity contribution in [1.82, 2.24) is 0 Å². The highest BCUT2D eigenvalue weighted by molar-refractivity contribution is 5.75. The van der Waals surface area contributed by atoms with Gasteiger partial charge in [-0.2, -0.15) is 0 Å². The Balaban J connectivity index is 1.88. The number of carbonyl (C=O) groups excluding carboxylic acids is 2. The van der Waals surface area contributed by atoms with E-state index in [1.165, 1.54) is 6.92 Å². The maximum Gasteiger partial charge on any atom is 0.307 e. The van der Waals surface area contributed by atoms with Crippen molar-refractivity contribution in [3.8, 4) is 0 Å². The predicted molar refractivity (Wildman–Crippen MR) is 82.8 cm³/mol. The van der Waals surface area contributed by atoms with Crippen LogP contribution in [0.1, 0.15) is 47.0 Å². The van der Waals surface area contributed by atoms with Crippen molar-refractivity contribution in [1.29, 1.82) is 0 Å². The minimum atomic E-state index is -0.703. The zero-order valence-electron chi connectivity index (χ0n) is 15.0. The van der Waals surface area contributed by atoms with Crippen LogP contribution in [0.25, 0.3) is 0 Å². The molecule has 134 valence electrons. The van der Waals surface area contributed by atoms with Crippen molar-refractivity contribution in [2.24, 2.45) is 22.7 Å². The Morgan fingerprint density at radius 3 is 2.67 bits per heavy atom. The third-order valence-electron chi connectivity index (χ3n) is 7.85. The van der Waals surface area contributed by atoms with Crippen molar-refractivity contribution in [3.05, 3.63) is 0 Å². The van der Waals surface area contributed by atoms with Gasteiger partial charge in [0.15, 0.2) is 5.79 Å². The van der Waals surface area contributed by atoms with E-state index in [0.717, 1.165) is 0 Å². The third kappa shape index (κ3) is 1.51. The summed E-state index contributed by atoms with van der Waals surface area (Å²) in [6.45, 7) is 8.23. The fourth-order valence-electron chi connectivity index (χ4n) is 6.39. The highest BCUT2D eigenvalue weighted by Crippen LogP contribution is 2.76. The SMILES string of the molecule is CO[C@]12C[C@]34CC(=O)O[C@]3(C[C@@H](OC(C)=O)[C@H]4C)[C@](C)(CO1)[C@@H]2C. The van der Waals surface area contributed by atoms with E-state index >= 15 is 0 Å². The second kappa shape index (κ2) is 4.52. The van der Waals surface area contributed by atoms with Gasteiger partial charge in [-0.3, -0.25) is 9.59 Å². The molecule has 6 nitrogen and oxygen atoms in total. The molecular formula is C18H26O6. The summed E-state index contributed by atoms with van der Waals surface area (Å²) in [5.74, 6) is -1.06. The zero-order valence-corrected chi connectivity index (χ0v) is 15.0. The van der Waals surface area contributed by atoms with Crippen LogP contribution >= 0.6 is 0 Å². The summed E-state index contributed by atoms with van der Waals surface area (Å²) in [6, 6.07) is 0. The van der Waals surface area contributed by atoms with Crippen LogP contribution in [0.3, 0.4) is 0 Å². The summed E-state index contributed by atoms with van der Waals surface area (Å²) in [5, 5.41) is 0. The van der Waals surface area contributed by atoms with Crippen LogP contribution < -0.4 is 0 Å². The molecule has 2 saturated carbocycles. The van der Waals surface area contributed by atoms with Crippen molar-refractivity contribution < 1.29 is 28.5 Å². The number of hydrogen-bond acceptors (Lipinski definition) is 6. The van der Waals surface area contributed by atoms with E-state index in [-0.39, 0.29) is 35.3 Å². The number of hydrogen-bond donors (Lipinski definition) is 0. The molecule has 2 saturated heterocycles. The lowest BCUT2D eigenvalue weighted by Gasteiger charge is -2.57. The predicted octanol–water partition coefficient (Wildman–Crippen LogP) is 2.05. The van der Waals surface area contributed by atoms with Crippen LogP contribution in [0.2, 0.25) is 0 Å². The normalized spacial score (nSPS) is 55.0. The first-order valence-electron chi connectivity index (χ1n) is 8.75. The molecule has 0 amide bonds. The van der Waals surface area contributed by atoms with Crippen LogP contribution in [-0.4, -0.2) is 43.1 Å². The van der Waals surface area contributed by atoms with E-state index in [1.807, 2.05) is 0 Å². The minimum Gasteiger partial charge on any atom is -0.462 e. The second-order valence-corrected chi connectivity index (χ2v) is 8.40. The first-order valence-corrected chi connectivity index (χ1v) is 8.75. The summed E-state index contributed by atoms with van der Waals surface area (Å²) >= 11 is 0. The Labute approximate surface area is 142 Å². The first-order chi connectivity index (χ1) is 11.2. The van der Waals surface area contributed by atoms with Crippen molar-refractivity contribution in [2.75, 3.05) is 13.7 Å². The molecule has 4 fully saturated rings. The molecule has 2 bridgehead atoms. The molecule has 2 aliphatic carbocycles. The standard InChI is InChI=1S/C18H26O6/c1-10-13(23-12(3)19)6-18-15(4)9-22-17(21-5,11(15)2)8-16(10,18)7-14(20)24-18/h10-11,13H,6-9H2,1-5H3/t10-,11+,13-,15-,16+,17-,18-/m1/s1. The molecular weight excluding hydrogens is 312 g/mol. The summed E-state index contributed by atoms with van der Waals surface area (Å²) in [6.07, 6.45) is 1.23. The highest BCUT2D eigenvalue weighted by atomic mass is 16.7. The number of carbonyl (C=O) groups is 2. The average molecular weight is 338 g/mol. The average Bonchev–Trinajstić information content (AvgIpc) is 2.99. The topological polar surface area (TPSA) is 71.1 Å². The van der Waals surface area contributed by atoms with Gasteiger partial charge < -0.3 is 18.9 Å². The van der Waals surface area contributed by atoms with E-state index in [2.05, 4.69) is 20.8 Å². The van der Waals surface area contributed by atoms with Crippen LogP contribution in [0, 0.1) is 22.7 Å². The Morgan fingerprint density at radius 2 is 2.04 bits per heavy atom. The molecule has 4 aliphatic rings. The molecule has 0 spiro atoms. The smallest absolute Gasteiger partial charge is 0.307 e. The molecule has 0 aromatic rings. The van der Waals surface area contributed by atoms with Crippen LogP contribution in [0.15, 0.2) is 0 Å². The Kier molecular flexibility index (Phi) is 3.08. The monoisotopic (exact) mass is 338 g/mol. The third-order valence-corrected chi connectivity index (χ3v) is 7.85. The molecule has 6 heteroatoms. The largest absolute Gasteiger partial charge is 0.462 e. The van der Waals surface area contributed by atoms with E-state index < -0.39 is 16.8 Å². The lowest BCUT2D eigenvalue weighted by molar-refractivity contribution is -0.270. The maximum absolute atomic E-state index is 12.4. The van der Waals surface area contributed by atoms with E-state index in [0.29, 0.717) is 25.9 Å². The van der Waals surface area contributed by atoms with E-state index in [9.17, 15) is 9.59 Å². The van der Waals surface area contributed by atoms with Crippen molar-refractivity contribution in [3.63, 3.8) is 0 Å². The second-order valence-electron chi connectivity index (χ2n) is 8.40. The van der Waals surface area contributed by atoms with Crippen LogP contribution in [0.4, 0.5) is 0 Å². The number of fused-ring (bicyclic) bond motifs is 2. The molecule has 4 rings (SSSR count). The molecule has 0 radical (unpaired) electrons. The van der Waals surface area contributed by atoms with Gasteiger partial charge in [0.2, 0.25) is 0 Å². The Morgan fingerprint density at radius 1 is 1.33 bits per heavy atom. The fourth-order valence-corrected chi connectivity index (χ4v) is 6.39. The lowest BCUT2D eigenvalue weighted by atomic mass is 9.48. The molecule has 2 aliphatic heterocycles. The molecule has 0 aromatic carbocycles. The van der Waals surface area contributed by atoms with Gasteiger partial charge in [0.05, 0.1) is 13.0 Å². The number of rotatable bonds is 2. The van der Waals surface area contributed by atoms with Crippen LogP contribution in [0.5, 0.6) is 0 Å². The molecule has 2 heterocycles. The zero-order chi connectivity index (χ0) is 17.5. The number of ether oxygens (including phenoxy) is 4. The van der Waals surface area contributed by atoms with Gasteiger partial charge in [-0.15, -0.1) is 0 Å². The fraction of sp³-hybridized carbons (Fsp3) is 0.889. The van der Waals surface area contributed by atoms with Gasteiger partial charge in [-0.05, 0) is 0 Å². The van der Waals surface area contributed by atoms with Gasteiger partial charge in [0.25, 0.3) is 0 Å². The summed E-state index contributed by atoms with van der Waals surface area (Å²) in [7, 11) is 1.67. The summed E-state index contributed by atoms with van der Waals surface area (Å²) < 4.78 is 23.7. The van der Waals surface area contributed by atoms with Crippen LogP contribution in [-0.2, 0) is 28.5 Å². The number of esters is 2. The van der Waals surface area contributed by atoms with Gasteiger partial charge in [0, 0.05) is 49.5 Å². The Bertz CT molecular complexity index is 619. The Hall–Kier alpha value is -1.14. The van der Waals surface area contributed by atoms with Gasteiger partial charge in [-0.1, -0.05) is 20.8 Å². The highest BCUT2D eigenvalue weighted by Gasteiger charge is 2.84. The van der Waals surface area contributed by atoms with Crippen molar-refractivity contribution >= 4 is 11.9 Å². The van der Waals surface area contributed by atoms with Gasteiger partial charge in [-0.25, -0.2) is 0 Å². The molecule has 7 atom stereocenters. The first kappa shape index (κ1) is 16.3. The minimum absolute atomic E-state index is 0.0101. The van der Waals surface area contributed by atoms with E-state index in [4.69, 9.17) is 18.9 Å². The van der Waals surface area contributed by atoms with Gasteiger partial charge >= 0.3 is 11.9 Å². The van der Waals surface area contributed by atoms with E-state index in [1.54, 1.807) is 7.11 Å². The quantitative estimate of drug-likeness (QED) is 0.718. The molecule has 0 N–H and O–H groups in total. The van der Waals surface area contributed by atoms with Gasteiger partial charge in [0.1, 0.15) is 11.7 Å². The lowest BCUT2D eigenvalue weighted by Crippen LogP contribution is -2.65. The summed E-state index contributed by atoms with van der Waals surface area (Å²) in [4.78, 5) is 24.0. The maximum atomic E-state index is 12.4.